The lowest BCUT2D eigenvalue weighted by atomic mass is 9.88. The first-order valence-corrected chi connectivity index (χ1v) is 7.75. The van der Waals surface area contributed by atoms with Gasteiger partial charge in [0, 0.05) is 30.6 Å². The molecular formula is C17H23ClN2. The number of hydrogen-bond donors (Lipinski definition) is 1. The van der Waals surface area contributed by atoms with E-state index in [0.717, 1.165) is 37.3 Å². The Labute approximate surface area is 126 Å². The molecule has 2 nitrogen and oxygen atoms in total. The fraction of sp³-hybridized carbons (Fsp3) is 0.471. The maximum atomic E-state index is 5.78. The molecule has 0 unspecified atom stereocenters. The van der Waals surface area contributed by atoms with Gasteiger partial charge < -0.3 is 5.32 Å². The van der Waals surface area contributed by atoms with Gasteiger partial charge in [-0.3, -0.25) is 4.98 Å². The van der Waals surface area contributed by atoms with Gasteiger partial charge in [-0.25, -0.2) is 0 Å². The summed E-state index contributed by atoms with van der Waals surface area (Å²) in [6.07, 6.45) is 4.12. The lowest BCUT2D eigenvalue weighted by Gasteiger charge is -2.24. The Bertz CT molecular complexity index is 546. The van der Waals surface area contributed by atoms with Gasteiger partial charge in [-0.2, -0.15) is 0 Å². The van der Waals surface area contributed by atoms with E-state index < -0.39 is 0 Å². The molecule has 0 radical (unpaired) electrons. The number of pyridine rings is 1. The first-order chi connectivity index (χ1) is 9.62. The lowest BCUT2D eigenvalue weighted by molar-refractivity contribution is 0.311. The van der Waals surface area contributed by atoms with Crippen LogP contribution < -0.4 is 5.32 Å². The van der Waals surface area contributed by atoms with Crippen LogP contribution in [0.15, 0.2) is 36.5 Å². The van der Waals surface area contributed by atoms with E-state index in [1.54, 1.807) is 0 Å². The SMILES string of the molecule is CC(C)(CCCCl)CNCc1ccnc2ccccc12. The minimum Gasteiger partial charge on any atom is -0.312 e. The van der Waals surface area contributed by atoms with Crippen molar-refractivity contribution < 1.29 is 0 Å². The van der Waals surface area contributed by atoms with Crippen molar-refractivity contribution in [3.8, 4) is 0 Å². The zero-order valence-electron chi connectivity index (χ0n) is 12.3. The third-order valence-corrected chi connectivity index (χ3v) is 3.91. The molecule has 0 spiro atoms. The van der Waals surface area contributed by atoms with E-state index in [0.29, 0.717) is 0 Å². The minimum atomic E-state index is 0.289. The summed E-state index contributed by atoms with van der Waals surface area (Å²) in [6.45, 7) is 6.46. The average molecular weight is 291 g/mol. The van der Waals surface area contributed by atoms with Crippen LogP contribution in [-0.2, 0) is 6.54 Å². The molecule has 0 saturated heterocycles. The van der Waals surface area contributed by atoms with Crippen molar-refractivity contribution in [3.63, 3.8) is 0 Å². The number of benzene rings is 1. The van der Waals surface area contributed by atoms with Crippen LogP contribution in [0, 0.1) is 5.41 Å². The van der Waals surface area contributed by atoms with Gasteiger partial charge in [-0.05, 0) is 36.0 Å². The van der Waals surface area contributed by atoms with Crippen molar-refractivity contribution in [1.29, 1.82) is 0 Å². The molecule has 2 rings (SSSR count). The Kier molecular flexibility index (Phi) is 5.38. The van der Waals surface area contributed by atoms with Crippen molar-refractivity contribution >= 4 is 22.5 Å². The fourth-order valence-electron chi connectivity index (χ4n) is 2.48. The molecule has 1 heterocycles. The first kappa shape index (κ1) is 15.3. The Morgan fingerprint density at radius 2 is 2.00 bits per heavy atom. The molecule has 108 valence electrons. The molecule has 1 aromatic carbocycles. The number of fused-ring (bicyclic) bond motifs is 1. The number of aromatic nitrogens is 1. The number of alkyl halides is 1. The Hall–Kier alpha value is -1.12. The highest BCUT2D eigenvalue weighted by Crippen LogP contribution is 2.22. The van der Waals surface area contributed by atoms with Crippen LogP contribution in [0.4, 0.5) is 0 Å². The number of nitrogens with one attached hydrogen (secondary N) is 1. The maximum absolute atomic E-state index is 5.78. The summed E-state index contributed by atoms with van der Waals surface area (Å²) >= 11 is 5.78. The topological polar surface area (TPSA) is 24.9 Å². The Morgan fingerprint density at radius 3 is 2.80 bits per heavy atom. The Balaban J connectivity index is 1.96. The van der Waals surface area contributed by atoms with Crippen molar-refractivity contribution in [2.24, 2.45) is 5.41 Å². The maximum Gasteiger partial charge on any atom is 0.0705 e. The fourth-order valence-corrected chi connectivity index (χ4v) is 2.61. The summed E-state index contributed by atoms with van der Waals surface area (Å²) in [5.41, 5.74) is 2.66. The van der Waals surface area contributed by atoms with Crippen LogP contribution in [-0.4, -0.2) is 17.4 Å². The van der Waals surface area contributed by atoms with Gasteiger partial charge in [0.05, 0.1) is 5.52 Å². The van der Waals surface area contributed by atoms with Gasteiger partial charge in [0.15, 0.2) is 0 Å². The second-order valence-electron chi connectivity index (χ2n) is 6.05. The summed E-state index contributed by atoms with van der Waals surface area (Å²) in [4.78, 5) is 4.40. The molecule has 0 bridgehead atoms. The smallest absolute Gasteiger partial charge is 0.0705 e. The second-order valence-corrected chi connectivity index (χ2v) is 6.43. The summed E-state index contributed by atoms with van der Waals surface area (Å²) in [7, 11) is 0. The van der Waals surface area contributed by atoms with Gasteiger partial charge in [-0.1, -0.05) is 32.0 Å². The molecule has 0 aliphatic heterocycles. The molecular weight excluding hydrogens is 268 g/mol. The van der Waals surface area contributed by atoms with Crippen LogP contribution in [0.5, 0.6) is 0 Å². The van der Waals surface area contributed by atoms with Crippen LogP contribution in [0.2, 0.25) is 0 Å². The molecule has 0 amide bonds. The van der Waals surface area contributed by atoms with Crippen molar-refractivity contribution in [2.75, 3.05) is 12.4 Å². The van der Waals surface area contributed by atoms with Crippen molar-refractivity contribution in [1.82, 2.24) is 10.3 Å². The second kappa shape index (κ2) is 7.05. The zero-order chi connectivity index (χ0) is 14.4. The van der Waals surface area contributed by atoms with Gasteiger partial charge in [0.25, 0.3) is 0 Å². The van der Waals surface area contributed by atoms with E-state index in [1.807, 2.05) is 12.3 Å². The van der Waals surface area contributed by atoms with Gasteiger partial charge in [0.1, 0.15) is 0 Å². The lowest BCUT2D eigenvalue weighted by Crippen LogP contribution is -2.29. The van der Waals surface area contributed by atoms with Gasteiger partial charge >= 0.3 is 0 Å². The molecule has 2 aromatic rings. The number of nitrogens with zero attached hydrogens (tertiary/aromatic N) is 1. The number of halogens is 1. The van der Waals surface area contributed by atoms with Crippen molar-refractivity contribution in [3.05, 3.63) is 42.1 Å². The third kappa shape index (κ3) is 4.19. The zero-order valence-corrected chi connectivity index (χ0v) is 13.1. The highest BCUT2D eigenvalue weighted by molar-refractivity contribution is 6.17. The van der Waals surface area contributed by atoms with Crippen LogP contribution >= 0.6 is 11.6 Å². The molecule has 3 heteroatoms. The summed E-state index contributed by atoms with van der Waals surface area (Å²) in [5.74, 6) is 0.748. The summed E-state index contributed by atoms with van der Waals surface area (Å²) in [6, 6.07) is 10.4. The van der Waals surface area contributed by atoms with E-state index in [-0.39, 0.29) is 5.41 Å². The van der Waals surface area contributed by atoms with E-state index in [4.69, 9.17) is 11.6 Å². The normalized spacial score (nSPS) is 11.9. The van der Waals surface area contributed by atoms with E-state index in [1.165, 1.54) is 10.9 Å². The molecule has 0 fully saturated rings. The predicted molar refractivity (Wildman–Crippen MR) is 87.2 cm³/mol. The van der Waals surface area contributed by atoms with E-state index in [2.05, 4.69) is 48.4 Å². The van der Waals surface area contributed by atoms with Crippen LogP contribution in [0.1, 0.15) is 32.3 Å². The monoisotopic (exact) mass is 290 g/mol. The number of para-hydroxylation sites is 1. The molecule has 0 saturated carbocycles. The van der Waals surface area contributed by atoms with Crippen LogP contribution in [0.3, 0.4) is 0 Å². The largest absolute Gasteiger partial charge is 0.312 e. The average Bonchev–Trinajstić information content (AvgIpc) is 2.45. The molecule has 20 heavy (non-hydrogen) atoms. The standard InChI is InChI=1S/C17H23ClN2/c1-17(2,9-5-10-18)13-19-12-14-8-11-20-16-7-4-3-6-15(14)16/h3-4,6-8,11,19H,5,9-10,12-13H2,1-2H3. The van der Waals surface area contributed by atoms with Crippen LogP contribution in [0.25, 0.3) is 10.9 Å². The molecule has 0 atom stereocenters. The highest BCUT2D eigenvalue weighted by Gasteiger charge is 2.16. The summed E-state index contributed by atoms with van der Waals surface area (Å²) < 4.78 is 0. The molecule has 1 N–H and O–H groups in total. The van der Waals surface area contributed by atoms with E-state index >= 15 is 0 Å². The first-order valence-electron chi connectivity index (χ1n) is 7.22. The predicted octanol–water partition coefficient (Wildman–Crippen LogP) is 4.37. The highest BCUT2D eigenvalue weighted by atomic mass is 35.5. The molecule has 0 aliphatic rings. The number of hydrogen-bond acceptors (Lipinski definition) is 2. The molecule has 1 aromatic heterocycles. The minimum absolute atomic E-state index is 0.289. The van der Waals surface area contributed by atoms with Crippen molar-refractivity contribution in [2.45, 2.75) is 33.2 Å². The van der Waals surface area contributed by atoms with E-state index in [9.17, 15) is 0 Å². The van der Waals surface area contributed by atoms with Gasteiger partial charge in [0.2, 0.25) is 0 Å². The summed E-state index contributed by atoms with van der Waals surface area (Å²) in [5, 5.41) is 4.81. The van der Waals surface area contributed by atoms with Gasteiger partial charge in [-0.15, -0.1) is 11.6 Å². The Morgan fingerprint density at radius 1 is 1.20 bits per heavy atom. The quantitative estimate of drug-likeness (QED) is 0.766. The molecule has 0 aliphatic carbocycles. The number of rotatable bonds is 7. The third-order valence-electron chi connectivity index (χ3n) is 3.65.